The monoisotopic (exact) mass is 442 g/mol. The first-order chi connectivity index (χ1) is 14.8. The highest BCUT2D eigenvalue weighted by Gasteiger charge is 2.21. The predicted molar refractivity (Wildman–Crippen MR) is 119 cm³/mol. The molecule has 164 valence electrons. The van der Waals surface area contributed by atoms with Gasteiger partial charge in [0.05, 0.1) is 10.6 Å². The molecule has 0 aliphatic carbocycles. The minimum Gasteiger partial charge on any atom is -0.348 e. The average Bonchev–Trinajstić information content (AvgIpc) is 3.11. The van der Waals surface area contributed by atoms with Crippen molar-refractivity contribution in [3.8, 4) is 5.69 Å². The molecule has 0 bridgehead atoms. The molecule has 0 aliphatic heterocycles. The highest BCUT2D eigenvalue weighted by atomic mass is 32.2. The van der Waals surface area contributed by atoms with E-state index < -0.39 is 10.0 Å². The van der Waals surface area contributed by atoms with Crippen molar-refractivity contribution in [3.05, 3.63) is 82.0 Å². The fourth-order valence-corrected chi connectivity index (χ4v) is 4.77. The van der Waals surface area contributed by atoms with Crippen molar-refractivity contribution in [1.82, 2.24) is 19.2 Å². The molecule has 0 saturated heterocycles. The Bertz CT molecular complexity index is 1210. The van der Waals surface area contributed by atoms with E-state index in [1.165, 1.54) is 8.87 Å². The Kier molecular flexibility index (Phi) is 6.77. The molecule has 0 fully saturated rings. The van der Waals surface area contributed by atoms with Gasteiger partial charge in [-0.2, -0.15) is 4.31 Å². The van der Waals surface area contributed by atoms with Crippen LogP contribution in [0, 0.1) is 6.92 Å². The van der Waals surface area contributed by atoms with E-state index in [0.717, 1.165) is 11.3 Å². The Morgan fingerprint density at radius 2 is 1.65 bits per heavy atom. The van der Waals surface area contributed by atoms with Gasteiger partial charge in [-0.05, 0) is 48.9 Å². The summed E-state index contributed by atoms with van der Waals surface area (Å²) < 4.78 is 28.0. The Balaban J connectivity index is 1.65. The van der Waals surface area contributed by atoms with Gasteiger partial charge in [0.25, 0.3) is 5.91 Å². The molecule has 0 aliphatic rings. The molecule has 3 rings (SSSR count). The van der Waals surface area contributed by atoms with E-state index in [1.54, 1.807) is 68.6 Å². The van der Waals surface area contributed by atoms with Gasteiger partial charge in [-0.15, -0.1) is 0 Å². The van der Waals surface area contributed by atoms with Gasteiger partial charge in [0.2, 0.25) is 10.0 Å². The van der Waals surface area contributed by atoms with Gasteiger partial charge in [-0.1, -0.05) is 26.0 Å². The van der Waals surface area contributed by atoms with Crippen molar-refractivity contribution < 1.29 is 13.2 Å². The highest BCUT2D eigenvalue weighted by molar-refractivity contribution is 7.89. The number of hydrogen-bond acceptors (Lipinski definition) is 4. The molecule has 8 nitrogen and oxygen atoms in total. The van der Waals surface area contributed by atoms with Crippen LogP contribution in [0.3, 0.4) is 0 Å². The number of hydrogen-bond donors (Lipinski definition) is 2. The number of sulfonamides is 1. The van der Waals surface area contributed by atoms with Crippen LogP contribution in [0.25, 0.3) is 5.69 Å². The molecular weight excluding hydrogens is 416 g/mol. The van der Waals surface area contributed by atoms with E-state index >= 15 is 0 Å². The SMILES string of the molecule is CCN(CC)S(=O)(=O)c1ccc(CNC(=O)c2ccc(-n3c(C)c[nH]c3=O)cc2)cc1. The van der Waals surface area contributed by atoms with Crippen molar-refractivity contribution in [3.63, 3.8) is 0 Å². The van der Waals surface area contributed by atoms with Crippen LogP contribution in [0.5, 0.6) is 0 Å². The molecule has 3 aromatic rings. The number of imidazole rings is 1. The van der Waals surface area contributed by atoms with E-state index in [1.807, 2.05) is 6.92 Å². The lowest BCUT2D eigenvalue weighted by Gasteiger charge is -2.18. The number of H-pyrrole nitrogens is 1. The Morgan fingerprint density at radius 3 is 2.16 bits per heavy atom. The fourth-order valence-electron chi connectivity index (χ4n) is 3.31. The average molecular weight is 443 g/mol. The van der Waals surface area contributed by atoms with Crippen molar-refractivity contribution in [2.24, 2.45) is 0 Å². The smallest absolute Gasteiger partial charge is 0.330 e. The van der Waals surface area contributed by atoms with Crippen LogP contribution in [0.15, 0.2) is 64.4 Å². The van der Waals surface area contributed by atoms with Crippen LogP contribution in [-0.4, -0.2) is 41.3 Å². The maximum Gasteiger partial charge on any atom is 0.330 e. The molecule has 0 atom stereocenters. The van der Waals surface area contributed by atoms with Gasteiger partial charge in [0.1, 0.15) is 0 Å². The second kappa shape index (κ2) is 9.32. The lowest BCUT2D eigenvalue weighted by molar-refractivity contribution is 0.0951. The quantitative estimate of drug-likeness (QED) is 0.559. The molecule has 1 amide bonds. The number of amides is 1. The number of nitrogens with one attached hydrogen (secondary N) is 2. The number of benzene rings is 2. The minimum atomic E-state index is -3.50. The van der Waals surface area contributed by atoms with Crippen LogP contribution in [0.2, 0.25) is 0 Å². The van der Waals surface area contributed by atoms with Crippen LogP contribution < -0.4 is 11.0 Å². The second-order valence-electron chi connectivity index (χ2n) is 7.03. The zero-order valence-corrected chi connectivity index (χ0v) is 18.6. The summed E-state index contributed by atoms with van der Waals surface area (Å²) in [4.78, 5) is 27.2. The lowest BCUT2D eigenvalue weighted by Crippen LogP contribution is -2.30. The van der Waals surface area contributed by atoms with E-state index in [0.29, 0.717) is 24.3 Å². The summed E-state index contributed by atoms with van der Waals surface area (Å²) in [5.74, 6) is -0.260. The van der Waals surface area contributed by atoms with E-state index in [4.69, 9.17) is 0 Å². The van der Waals surface area contributed by atoms with Crippen LogP contribution in [-0.2, 0) is 16.6 Å². The summed E-state index contributed by atoms with van der Waals surface area (Å²) in [6.07, 6.45) is 1.63. The maximum absolute atomic E-state index is 12.5. The van der Waals surface area contributed by atoms with Gasteiger partial charge in [-0.3, -0.25) is 9.36 Å². The molecule has 0 unspecified atom stereocenters. The second-order valence-corrected chi connectivity index (χ2v) is 8.97. The van der Waals surface area contributed by atoms with Crippen molar-refractivity contribution in [2.45, 2.75) is 32.2 Å². The molecule has 9 heteroatoms. The number of aromatic amines is 1. The number of aromatic nitrogens is 2. The summed E-state index contributed by atoms with van der Waals surface area (Å²) in [6, 6.07) is 13.2. The molecule has 0 radical (unpaired) electrons. The van der Waals surface area contributed by atoms with Gasteiger partial charge in [0.15, 0.2) is 0 Å². The summed E-state index contributed by atoms with van der Waals surface area (Å²) in [5.41, 5.74) is 2.46. The predicted octanol–water partition coefficient (Wildman–Crippen LogP) is 2.43. The zero-order valence-electron chi connectivity index (χ0n) is 17.8. The van der Waals surface area contributed by atoms with Crippen molar-refractivity contribution >= 4 is 15.9 Å². The molecule has 2 aromatic carbocycles. The van der Waals surface area contributed by atoms with Gasteiger partial charge in [-0.25, -0.2) is 13.2 Å². The molecule has 0 spiro atoms. The van der Waals surface area contributed by atoms with Crippen LogP contribution >= 0.6 is 0 Å². The first-order valence-electron chi connectivity index (χ1n) is 10.0. The Morgan fingerprint density at radius 1 is 1.03 bits per heavy atom. The molecular formula is C22H26N4O4S. The number of rotatable bonds is 8. The summed E-state index contributed by atoms with van der Waals surface area (Å²) in [6.45, 7) is 6.51. The summed E-state index contributed by atoms with van der Waals surface area (Å²) >= 11 is 0. The van der Waals surface area contributed by atoms with E-state index in [2.05, 4.69) is 10.3 Å². The van der Waals surface area contributed by atoms with Gasteiger partial charge >= 0.3 is 5.69 Å². The number of carbonyl (C=O) groups is 1. The largest absolute Gasteiger partial charge is 0.348 e. The third-order valence-electron chi connectivity index (χ3n) is 5.07. The third-order valence-corrected chi connectivity index (χ3v) is 7.13. The van der Waals surface area contributed by atoms with Crippen molar-refractivity contribution in [1.29, 1.82) is 0 Å². The number of aryl methyl sites for hydroxylation is 1. The minimum absolute atomic E-state index is 0.233. The molecule has 0 saturated carbocycles. The zero-order chi connectivity index (χ0) is 22.6. The Hall–Kier alpha value is -3.17. The van der Waals surface area contributed by atoms with Gasteiger partial charge < -0.3 is 10.3 Å². The van der Waals surface area contributed by atoms with Crippen molar-refractivity contribution in [2.75, 3.05) is 13.1 Å². The highest BCUT2D eigenvalue weighted by Crippen LogP contribution is 2.16. The topological polar surface area (TPSA) is 104 Å². The summed E-state index contributed by atoms with van der Waals surface area (Å²) in [7, 11) is -3.50. The van der Waals surface area contributed by atoms with Crippen LogP contribution in [0.4, 0.5) is 0 Å². The third kappa shape index (κ3) is 4.78. The standard InChI is InChI=1S/C22H26N4O4S/c1-4-25(5-2)31(29,30)20-12-6-17(7-13-20)15-23-21(27)18-8-10-19(11-9-18)26-16(3)14-24-22(26)28/h6-14H,4-5,15H2,1-3H3,(H,23,27)(H,24,28). The number of carbonyl (C=O) groups excluding carboxylic acids is 1. The molecule has 1 heterocycles. The molecule has 1 aromatic heterocycles. The fraction of sp³-hybridized carbons (Fsp3) is 0.273. The first kappa shape index (κ1) is 22.5. The van der Waals surface area contributed by atoms with E-state index in [9.17, 15) is 18.0 Å². The molecule has 2 N–H and O–H groups in total. The first-order valence-corrected chi connectivity index (χ1v) is 11.5. The lowest BCUT2D eigenvalue weighted by atomic mass is 10.1. The van der Waals surface area contributed by atoms with E-state index in [-0.39, 0.29) is 23.0 Å². The maximum atomic E-state index is 12.5. The molecule has 31 heavy (non-hydrogen) atoms. The van der Waals surface area contributed by atoms with Crippen LogP contribution in [0.1, 0.15) is 35.5 Å². The number of nitrogens with zero attached hydrogens (tertiary/aromatic N) is 2. The van der Waals surface area contributed by atoms with Gasteiger partial charge in [0, 0.05) is 37.1 Å². The summed E-state index contributed by atoms with van der Waals surface area (Å²) in [5, 5.41) is 2.82. The normalized spacial score (nSPS) is 11.6. The Labute approximate surface area is 181 Å².